The normalized spacial score (nSPS) is 10.2. The van der Waals surface area contributed by atoms with E-state index in [9.17, 15) is 4.39 Å². The van der Waals surface area contributed by atoms with Gasteiger partial charge < -0.3 is 0 Å². The van der Waals surface area contributed by atoms with E-state index in [1.54, 1.807) is 0 Å². The SMILES string of the molecule is Fc1cc(Cl)cc(Cl)c1CBr. The van der Waals surface area contributed by atoms with Gasteiger partial charge in [0.25, 0.3) is 0 Å². The summed E-state index contributed by atoms with van der Waals surface area (Å²) < 4.78 is 12.9. The molecule has 0 aliphatic heterocycles. The lowest BCUT2D eigenvalue weighted by molar-refractivity contribution is 0.618. The number of benzene rings is 1. The average Bonchev–Trinajstić information content (AvgIpc) is 1.85. The predicted molar refractivity (Wildman–Crippen MR) is 49.1 cm³/mol. The van der Waals surface area contributed by atoms with Crippen LogP contribution in [0.15, 0.2) is 12.1 Å². The summed E-state index contributed by atoms with van der Waals surface area (Å²) in [5.74, 6) is -0.376. The lowest BCUT2D eigenvalue weighted by atomic mass is 10.2. The van der Waals surface area contributed by atoms with Crippen LogP contribution in [-0.4, -0.2) is 0 Å². The van der Waals surface area contributed by atoms with Gasteiger partial charge in [-0.2, -0.15) is 0 Å². The zero-order valence-corrected chi connectivity index (χ0v) is 8.47. The van der Waals surface area contributed by atoms with Crippen LogP contribution in [0.2, 0.25) is 10.0 Å². The van der Waals surface area contributed by atoms with Crippen LogP contribution < -0.4 is 0 Å². The van der Waals surface area contributed by atoms with E-state index in [0.717, 1.165) is 0 Å². The first-order valence-corrected chi connectivity index (χ1v) is 4.72. The van der Waals surface area contributed by atoms with E-state index in [2.05, 4.69) is 15.9 Å². The molecule has 0 atom stereocenters. The quantitative estimate of drug-likeness (QED) is 0.667. The molecular formula is C7H4BrCl2F. The van der Waals surface area contributed by atoms with Gasteiger partial charge in [0.05, 0.1) is 0 Å². The lowest BCUT2D eigenvalue weighted by Gasteiger charge is -2.01. The van der Waals surface area contributed by atoms with Gasteiger partial charge >= 0.3 is 0 Å². The van der Waals surface area contributed by atoms with Gasteiger partial charge in [-0.25, -0.2) is 4.39 Å². The zero-order chi connectivity index (χ0) is 8.43. The van der Waals surface area contributed by atoms with E-state index in [1.165, 1.54) is 12.1 Å². The Kier molecular flexibility index (Phi) is 3.16. The topological polar surface area (TPSA) is 0 Å². The molecule has 0 unspecified atom stereocenters. The monoisotopic (exact) mass is 256 g/mol. The van der Waals surface area contributed by atoms with Gasteiger partial charge in [0.1, 0.15) is 5.82 Å². The van der Waals surface area contributed by atoms with Gasteiger partial charge in [-0.1, -0.05) is 39.1 Å². The summed E-state index contributed by atoms with van der Waals surface area (Å²) in [6.07, 6.45) is 0. The van der Waals surface area contributed by atoms with Crippen LogP contribution in [0, 0.1) is 5.82 Å². The average molecular weight is 258 g/mol. The standard InChI is InChI=1S/C7H4BrCl2F/c8-3-5-6(10)1-4(9)2-7(5)11/h1-2H,3H2. The van der Waals surface area contributed by atoms with Crippen molar-refractivity contribution in [2.24, 2.45) is 0 Å². The molecule has 0 aliphatic rings. The van der Waals surface area contributed by atoms with E-state index in [0.29, 0.717) is 20.9 Å². The maximum Gasteiger partial charge on any atom is 0.130 e. The first kappa shape index (κ1) is 9.30. The van der Waals surface area contributed by atoms with Crippen molar-refractivity contribution in [3.63, 3.8) is 0 Å². The van der Waals surface area contributed by atoms with Gasteiger partial charge in [0.2, 0.25) is 0 Å². The van der Waals surface area contributed by atoms with Crippen LogP contribution in [0.1, 0.15) is 5.56 Å². The zero-order valence-electron chi connectivity index (χ0n) is 5.37. The largest absolute Gasteiger partial charge is 0.207 e. The fourth-order valence-corrected chi connectivity index (χ4v) is 1.97. The summed E-state index contributed by atoms with van der Waals surface area (Å²) in [7, 11) is 0. The molecule has 1 aromatic carbocycles. The maximum absolute atomic E-state index is 12.9. The Bertz CT molecular complexity index is 252. The van der Waals surface area contributed by atoms with Crippen molar-refractivity contribution in [2.75, 3.05) is 0 Å². The van der Waals surface area contributed by atoms with E-state index in [-0.39, 0.29) is 5.82 Å². The number of halogens is 4. The Morgan fingerprint density at radius 3 is 2.45 bits per heavy atom. The van der Waals surface area contributed by atoms with Gasteiger partial charge in [-0.05, 0) is 12.1 Å². The van der Waals surface area contributed by atoms with Crippen molar-refractivity contribution >= 4 is 39.1 Å². The van der Waals surface area contributed by atoms with Gasteiger partial charge in [-0.3, -0.25) is 0 Å². The molecular weight excluding hydrogens is 254 g/mol. The Balaban J connectivity index is 3.25. The summed E-state index contributed by atoms with van der Waals surface area (Å²) in [4.78, 5) is 0. The van der Waals surface area contributed by atoms with Crippen molar-refractivity contribution in [1.82, 2.24) is 0 Å². The highest BCUT2D eigenvalue weighted by Crippen LogP contribution is 2.25. The molecule has 1 aromatic rings. The summed E-state index contributed by atoms with van der Waals surface area (Å²) in [6, 6.07) is 2.76. The molecule has 0 saturated heterocycles. The third-order valence-electron chi connectivity index (χ3n) is 1.24. The number of hydrogen-bond donors (Lipinski definition) is 0. The number of rotatable bonds is 1. The second kappa shape index (κ2) is 3.74. The Labute approximate surface area is 82.4 Å². The van der Waals surface area contributed by atoms with Crippen LogP contribution in [0.4, 0.5) is 4.39 Å². The highest BCUT2D eigenvalue weighted by Gasteiger charge is 2.06. The van der Waals surface area contributed by atoms with E-state index in [1.807, 2.05) is 0 Å². The van der Waals surface area contributed by atoms with Crippen LogP contribution in [0.3, 0.4) is 0 Å². The molecule has 0 aromatic heterocycles. The molecule has 0 saturated carbocycles. The van der Waals surface area contributed by atoms with Gasteiger partial charge in [0.15, 0.2) is 0 Å². The van der Waals surface area contributed by atoms with Crippen molar-refractivity contribution < 1.29 is 4.39 Å². The van der Waals surface area contributed by atoms with Crippen LogP contribution in [0.25, 0.3) is 0 Å². The summed E-state index contributed by atoms with van der Waals surface area (Å²) in [6.45, 7) is 0. The van der Waals surface area contributed by atoms with Crippen molar-refractivity contribution in [2.45, 2.75) is 5.33 Å². The summed E-state index contributed by atoms with van der Waals surface area (Å²) in [5.41, 5.74) is 0.441. The summed E-state index contributed by atoms with van der Waals surface area (Å²) >= 11 is 14.3. The van der Waals surface area contributed by atoms with Gasteiger partial charge in [0, 0.05) is 20.9 Å². The number of alkyl halides is 1. The molecule has 0 N–H and O–H groups in total. The Morgan fingerprint density at radius 1 is 1.36 bits per heavy atom. The minimum absolute atomic E-state index is 0.317. The highest BCUT2D eigenvalue weighted by molar-refractivity contribution is 9.08. The molecule has 11 heavy (non-hydrogen) atoms. The Hall–Kier alpha value is 0.210. The second-order valence-corrected chi connectivity index (χ2v) is 3.39. The first-order chi connectivity index (χ1) is 5.15. The third kappa shape index (κ3) is 2.08. The molecule has 0 bridgehead atoms. The van der Waals surface area contributed by atoms with Crippen molar-refractivity contribution in [1.29, 1.82) is 0 Å². The first-order valence-electron chi connectivity index (χ1n) is 2.84. The molecule has 0 nitrogen and oxygen atoms in total. The van der Waals surface area contributed by atoms with Crippen LogP contribution in [0.5, 0.6) is 0 Å². The minimum atomic E-state index is -0.376. The lowest BCUT2D eigenvalue weighted by Crippen LogP contribution is -1.86. The van der Waals surface area contributed by atoms with Crippen molar-refractivity contribution in [3.8, 4) is 0 Å². The molecule has 0 radical (unpaired) electrons. The van der Waals surface area contributed by atoms with E-state index in [4.69, 9.17) is 23.2 Å². The molecule has 60 valence electrons. The fourth-order valence-electron chi connectivity index (χ4n) is 0.700. The van der Waals surface area contributed by atoms with Gasteiger partial charge in [-0.15, -0.1) is 0 Å². The van der Waals surface area contributed by atoms with Crippen molar-refractivity contribution in [3.05, 3.63) is 33.6 Å². The Morgan fingerprint density at radius 2 is 2.00 bits per heavy atom. The molecule has 1 rings (SSSR count). The molecule has 0 heterocycles. The van der Waals surface area contributed by atoms with E-state index < -0.39 is 0 Å². The van der Waals surface area contributed by atoms with Crippen LogP contribution >= 0.6 is 39.1 Å². The molecule has 0 fully saturated rings. The maximum atomic E-state index is 12.9. The fraction of sp³-hybridized carbons (Fsp3) is 0.143. The third-order valence-corrected chi connectivity index (χ3v) is 2.36. The molecule has 0 aliphatic carbocycles. The predicted octanol–water partition coefficient (Wildman–Crippen LogP) is 4.03. The summed E-state index contributed by atoms with van der Waals surface area (Å²) in [5, 5.41) is 1.07. The minimum Gasteiger partial charge on any atom is -0.207 e. The number of hydrogen-bond acceptors (Lipinski definition) is 0. The van der Waals surface area contributed by atoms with E-state index >= 15 is 0 Å². The molecule has 0 spiro atoms. The molecule has 4 heteroatoms. The van der Waals surface area contributed by atoms with Crippen LogP contribution in [-0.2, 0) is 5.33 Å². The smallest absolute Gasteiger partial charge is 0.130 e. The molecule has 0 amide bonds. The highest BCUT2D eigenvalue weighted by atomic mass is 79.9. The second-order valence-electron chi connectivity index (χ2n) is 1.98.